The largest absolute Gasteiger partial charge is 0.496 e. The number of rotatable bonds is 5. The van der Waals surface area contributed by atoms with Crippen LogP contribution in [0.2, 0.25) is 0 Å². The Morgan fingerprint density at radius 1 is 1.50 bits per heavy atom. The minimum atomic E-state index is 0.385. The maximum Gasteiger partial charge on any atom is 0.129 e. The van der Waals surface area contributed by atoms with Crippen LogP contribution in [0.1, 0.15) is 17.5 Å². The first kappa shape index (κ1) is 15.2. The van der Waals surface area contributed by atoms with Crippen molar-refractivity contribution in [2.24, 2.45) is 5.73 Å². The average molecular weight is 293 g/mol. The van der Waals surface area contributed by atoms with Gasteiger partial charge in [0.15, 0.2) is 0 Å². The number of methoxy groups -OCH3 is 1. The zero-order valence-electron chi connectivity index (χ0n) is 12.4. The van der Waals surface area contributed by atoms with Crippen molar-refractivity contribution in [3.8, 4) is 5.75 Å². The van der Waals surface area contributed by atoms with Gasteiger partial charge in [-0.05, 0) is 38.2 Å². The molecule has 0 aliphatic carbocycles. The smallest absolute Gasteiger partial charge is 0.129 e. The van der Waals surface area contributed by atoms with Crippen LogP contribution in [0.5, 0.6) is 5.75 Å². The topological polar surface area (TPSA) is 41.7 Å². The Morgan fingerprint density at radius 3 is 2.80 bits per heavy atom. The molecule has 2 N–H and O–H groups in total. The minimum Gasteiger partial charge on any atom is -0.496 e. The molecule has 20 heavy (non-hydrogen) atoms. The average Bonchev–Trinajstić information content (AvgIpc) is 2.87. The molecule has 110 valence electrons. The summed E-state index contributed by atoms with van der Waals surface area (Å²) >= 11 is 5.09. The van der Waals surface area contributed by atoms with Crippen LogP contribution < -0.4 is 10.5 Å². The second kappa shape index (κ2) is 6.52. The highest BCUT2D eigenvalue weighted by atomic mass is 32.1. The number of hydrogen-bond acceptors (Lipinski definition) is 4. The fourth-order valence-electron chi connectivity index (χ4n) is 2.68. The lowest BCUT2D eigenvalue weighted by Gasteiger charge is -2.20. The molecular formula is C15H23N3OS. The van der Waals surface area contributed by atoms with Crippen LogP contribution in [0.15, 0.2) is 18.2 Å². The zero-order chi connectivity index (χ0) is 14.7. The van der Waals surface area contributed by atoms with Gasteiger partial charge in [0.25, 0.3) is 0 Å². The van der Waals surface area contributed by atoms with Gasteiger partial charge in [0, 0.05) is 25.7 Å². The molecule has 1 heterocycles. The maximum atomic E-state index is 5.76. The first-order chi connectivity index (χ1) is 9.51. The fourth-order valence-corrected chi connectivity index (χ4v) is 2.84. The van der Waals surface area contributed by atoms with Gasteiger partial charge < -0.3 is 15.4 Å². The number of nitrogens with two attached hydrogens (primary N) is 1. The molecule has 1 fully saturated rings. The summed E-state index contributed by atoms with van der Waals surface area (Å²) in [5, 5.41) is 0. The molecule has 1 aliphatic heterocycles. The van der Waals surface area contributed by atoms with E-state index in [2.05, 4.69) is 30.0 Å². The van der Waals surface area contributed by atoms with E-state index in [1.165, 1.54) is 12.0 Å². The molecule has 0 radical (unpaired) electrons. The van der Waals surface area contributed by atoms with Crippen LogP contribution in [0, 0.1) is 0 Å². The van der Waals surface area contributed by atoms with Crippen LogP contribution in [-0.4, -0.2) is 55.1 Å². The van der Waals surface area contributed by atoms with Gasteiger partial charge in [-0.15, -0.1) is 0 Å². The lowest BCUT2D eigenvalue weighted by Crippen LogP contribution is -2.31. The van der Waals surface area contributed by atoms with E-state index in [-0.39, 0.29) is 0 Å². The molecule has 5 heteroatoms. The van der Waals surface area contributed by atoms with Crippen LogP contribution >= 0.6 is 12.2 Å². The van der Waals surface area contributed by atoms with Crippen LogP contribution in [0.4, 0.5) is 0 Å². The summed E-state index contributed by atoms with van der Waals surface area (Å²) < 4.78 is 5.29. The van der Waals surface area contributed by atoms with Gasteiger partial charge in [-0.3, -0.25) is 4.90 Å². The monoisotopic (exact) mass is 293 g/mol. The molecule has 1 unspecified atom stereocenters. The first-order valence-electron chi connectivity index (χ1n) is 6.86. The van der Waals surface area contributed by atoms with E-state index >= 15 is 0 Å². The zero-order valence-corrected chi connectivity index (χ0v) is 13.2. The number of thiocarbonyl (C=S) groups is 1. The maximum absolute atomic E-state index is 5.76. The van der Waals surface area contributed by atoms with E-state index in [9.17, 15) is 0 Å². The second-order valence-corrected chi connectivity index (χ2v) is 5.98. The van der Waals surface area contributed by atoms with Gasteiger partial charge in [0.1, 0.15) is 10.7 Å². The summed E-state index contributed by atoms with van der Waals surface area (Å²) in [7, 11) is 5.93. The molecule has 1 atom stereocenters. The summed E-state index contributed by atoms with van der Waals surface area (Å²) in [5.41, 5.74) is 7.81. The number of hydrogen-bond donors (Lipinski definition) is 1. The predicted molar refractivity (Wildman–Crippen MR) is 86.3 cm³/mol. The molecule has 1 saturated heterocycles. The van der Waals surface area contributed by atoms with Crippen LogP contribution in [0.25, 0.3) is 0 Å². The molecule has 2 rings (SSSR count). The number of likely N-dealkylation sites (N-methyl/N-ethyl adjacent to an activating group) is 1. The van der Waals surface area contributed by atoms with Gasteiger partial charge in [-0.25, -0.2) is 0 Å². The lowest BCUT2D eigenvalue weighted by atomic mass is 10.1. The number of benzene rings is 1. The summed E-state index contributed by atoms with van der Waals surface area (Å²) in [4.78, 5) is 5.15. The quantitative estimate of drug-likeness (QED) is 0.833. The molecule has 1 aliphatic rings. The van der Waals surface area contributed by atoms with E-state index in [0.29, 0.717) is 11.0 Å². The van der Waals surface area contributed by atoms with Crippen molar-refractivity contribution in [2.75, 3.05) is 34.3 Å². The van der Waals surface area contributed by atoms with Crippen LogP contribution in [0.3, 0.4) is 0 Å². The van der Waals surface area contributed by atoms with Gasteiger partial charge in [-0.2, -0.15) is 0 Å². The summed E-state index contributed by atoms with van der Waals surface area (Å²) in [6.07, 6.45) is 1.23. The Bertz CT molecular complexity index is 490. The van der Waals surface area contributed by atoms with E-state index in [1.54, 1.807) is 7.11 Å². The van der Waals surface area contributed by atoms with Crippen molar-refractivity contribution in [1.82, 2.24) is 9.80 Å². The molecular weight excluding hydrogens is 270 g/mol. The molecule has 0 aromatic heterocycles. The van der Waals surface area contributed by atoms with Crippen molar-refractivity contribution in [3.05, 3.63) is 29.3 Å². The van der Waals surface area contributed by atoms with Crippen LogP contribution in [-0.2, 0) is 6.54 Å². The molecule has 1 aromatic carbocycles. The Hall–Kier alpha value is -1.17. The Morgan fingerprint density at radius 2 is 2.25 bits per heavy atom. The Kier molecular flexibility index (Phi) is 4.96. The van der Waals surface area contributed by atoms with E-state index in [4.69, 9.17) is 22.7 Å². The molecule has 0 bridgehead atoms. The van der Waals surface area contributed by atoms with Crippen molar-refractivity contribution >= 4 is 17.2 Å². The van der Waals surface area contributed by atoms with Crippen molar-refractivity contribution in [3.63, 3.8) is 0 Å². The predicted octanol–water partition coefficient (Wildman–Crippen LogP) is 1.47. The highest BCUT2D eigenvalue weighted by Crippen LogP contribution is 2.22. The third-order valence-electron chi connectivity index (χ3n) is 3.91. The van der Waals surface area contributed by atoms with Gasteiger partial charge in [0.2, 0.25) is 0 Å². The van der Waals surface area contributed by atoms with Gasteiger partial charge >= 0.3 is 0 Å². The summed E-state index contributed by atoms with van der Waals surface area (Å²) in [6, 6.07) is 6.74. The number of likely N-dealkylation sites (tertiary alicyclic amines) is 1. The van der Waals surface area contributed by atoms with Crippen molar-refractivity contribution < 1.29 is 4.74 Å². The lowest BCUT2D eigenvalue weighted by molar-refractivity contribution is 0.264. The third kappa shape index (κ3) is 3.48. The molecule has 1 aromatic rings. The SMILES string of the molecule is COc1ccc(CN2CCC(N(C)C)C2)cc1C(N)=S. The first-order valence-corrected chi connectivity index (χ1v) is 7.27. The Balaban J connectivity index is 2.07. The van der Waals surface area contributed by atoms with Gasteiger partial charge in [0.05, 0.1) is 12.7 Å². The number of ether oxygens (including phenoxy) is 1. The second-order valence-electron chi connectivity index (χ2n) is 5.54. The van der Waals surface area contributed by atoms with Crippen molar-refractivity contribution in [1.29, 1.82) is 0 Å². The van der Waals surface area contributed by atoms with E-state index in [0.717, 1.165) is 30.9 Å². The van der Waals surface area contributed by atoms with E-state index < -0.39 is 0 Å². The fraction of sp³-hybridized carbons (Fsp3) is 0.533. The molecule has 0 saturated carbocycles. The number of nitrogens with zero attached hydrogens (tertiary/aromatic N) is 2. The molecule has 4 nitrogen and oxygen atoms in total. The van der Waals surface area contributed by atoms with Gasteiger partial charge in [-0.1, -0.05) is 18.3 Å². The standard InChI is InChI=1S/C15H23N3OS/c1-17(2)12-6-7-18(10-12)9-11-4-5-14(19-3)13(8-11)15(16)20/h4-5,8,12H,6-7,9-10H2,1-3H3,(H2,16,20). The Labute approximate surface area is 126 Å². The molecule has 0 amide bonds. The van der Waals surface area contributed by atoms with Crippen molar-refractivity contribution in [2.45, 2.75) is 19.0 Å². The highest BCUT2D eigenvalue weighted by molar-refractivity contribution is 7.80. The highest BCUT2D eigenvalue weighted by Gasteiger charge is 2.23. The normalized spacial score (nSPS) is 19.5. The third-order valence-corrected chi connectivity index (χ3v) is 4.13. The minimum absolute atomic E-state index is 0.385. The molecule has 0 spiro atoms. The van der Waals surface area contributed by atoms with E-state index in [1.807, 2.05) is 12.1 Å². The summed E-state index contributed by atoms with van der Waals surface area (Å²) in [6.45, 7) is 3.18. The summed E-state index contributed by atoms with van der Waals surface area (Å²) in [5.74, 6) is 0.744.